The van der Waals surface area contributed by atoms with E-state index in [9.17, 15) is 0 Å². The van der Waals surface area contributed by atoms with Gasteiger partial charge in [0.05, 0.1) is 0 Å². The van der Waals surface area contributed by atoms with Crippen molar-refractivity contribution in [3.05, 3.63) is 23.8 Å². The van der Waals surface area contributed by atoms with Gasteiger partial charge in [-0.05, 0) is 81.5 Å². The summed E-state index contributed by atoms with van der Waals surface area (Å²) in [6.07, 6.45) is 28.1. The number of hydrogen-bond donors (Lipinski definition) is 0. The van der Waals surface area contributed by atoms with Crippen LogP contribution in [0, 0.1) is 23.7 Å². The van der Waals surface area contributed by atoms with Gasteiger partial charge in [0, 0.05) is 0 Å². The summed E-state index contributed by atoms with van der Waals surface area (Å²) in [5.74, 6) is 3.79. The first-order valence-corrected chi connectivity index (χ1v) is 13.0. The summed E-state index contributed by atoms with van der Waals surface area (Å²) >= 11 is 0. The van der Waals surface area contributed by atoms with Gasteiger partial charge >= 0.3 is 0 Å². The molecule has 0 bridgehead atoms. The van der Waals surface area contributed by atoms with Gasteiger partial charge in [0.25, 0.3) is 0 Å². The molecule has 1 aliphatic carbocycles. The van der Waals surface area contributed by atoms with E-state index in [4.69, 9.17) is 0 Å². The Bertz CT molecular complexity index is 416. The van der Waals surface area contributed by atoms with Crippen molar-refractivity contribution in [2.24, 2.45) is 23.7 Å². The average Bonchev–Trinajstić information content (AvgIpc) is 3.42. The largest absolute Gasteiger partial charge is 0.0885 e. The fourth-order valence-corrected chi connectivity index (χ4v) is 4.86. The van der Waals surface area contributed by atoms with Gasteiger partial charge in [-0.15, -0.1) is 0 Å². The molecule has 0 aromatic rings. The van der Waals surface area contributed by atoms with Crippen LogP contribution in [0.4, 0.5) is 0 Å². The Morgan fingerprint density at radius 1 is 0.893 bits per heavy atom. The van der Waals surface area contributed by atoms with Gasteiger partial charge in [0.1, 0.15) is 0 Å². The zero-order valence-corrected chi connectivity index (χ0v) is 20.1. The van der Waals surface area contributed by atoms with Gasteiger partial charge in [-0.3, -0.25) is 0 Å². The standard InChI is InChI=1S/C28H52/c1-6-9-15-21-26(18-8-3)27(20-10-7-2)22-17-14-12-11-13-16-19-24(4)28-23-25(28)5/h13,16,18,24-25,27-28H,6-12,14-15,17,19-23H2,1-5H3. The zero-order valence-electron chi connectivity index (χ0n) is 20.1. The molecule has 1 rings (SSSR count). The van der Waals surface area contributed by atoms with Crippen LogP contribution in [-0.2, 0) is 0 Å². The normalized spacial score (nSPS) is 22.0. The third kappa shape index (κ3) is 11.5. The maximum Gasteiger partial charge on any atom is -0.0203 e. The Hall–Kier alpha value is -0.520. The highest BCUT2D eigenvalue weighted by molar-refractivity contribution is 5.07. The lowest BCUT2D eigenvalue weighted by Gasteiger charge is -2.21. The van der Waals surface area contributed by atoms with E-state index in [1.807, 2.05) is 0 Å². The molecule has 1 fully saturated rings. The van der Waals surface area contributed by atoms with E-state index in [0.29, 0.717) is 0 Å². The van der Waals surface area contributed by atoms with Crippen molar-refractivity contribution in [2.45, 2.75) is 131 Å². The van der Waals surface area contributed by atoms with Gasteiger partial charge in [-0.25, -0.2) is 0 Å². The molecular formula is C28H52. The molecule has 1 aliphatic rings. The molecule has 164 valence electrons. The number of hydrogen-bond acceptors (Lipinski definition) is 0. The Balaban J connectivity index is 2.24. The van der Waals surface area contributed by atoms with Gasteiger partial charge in [0.2, 0.25) is 0 Å². The minimum Gasteiger partial charge on any atom is -0.0885 e. The molecule has 0 saturated heterocycles. The minimum atomic E-state index is 0.869. The lowest BCUT2D eigenvalue weighted by atomic mass is 9.85. The fraction of sp³-hybridized carbons (Fsp3) is 0.857. The van der Waals surface area contributed by atoms with E-state index >= 15 is 0 Å². The highest BCUT2D eigenvalue weighted by Crippen LogP contribution is 2.44. The van der Waals surface area contributed by atoms with Crippen LogP contribution in [0.15, 0.2) is 23.8 Å². The van der Waals surface area contributed by atoms with E-state index in [2.05, 4.69) is 52.8 Å². The smallest absolute Gasteiger partial charge is 0.0203 e. The van der Waals surface area contributed by atoms with Gasteiger partial charge in [-0.1, -0.05) is 96.9 Å². The molecule has 1 saturated carbocycles. The fourth-order valence-electron chi connectivity index (χ4n) is 4.86. The maximum atomic E-state index is 2.57. The van der Waals surface area contributed by atoms with Gasteiger partial charge in [-0.2, -0.15) is 0 Å². The summed E-state index contributed by atoms with van der Waals surface area (Å²) in [4.78, 5) is 0. The molecule has 0 aromatic heterocycles. The molecule has 4 atom stereocenters. The second-order valence-electron chi connectivity index (χ2n) is 9.68. The molecule has 28 heavy (non-hydrogen) atoms. The second kappa shape index (κ2) is 16.3. The van der Waals surface area contributed by atoms with Crippen molar-refractivity contribution in [3.8, 4) is 0 Å². The van der Waals surface area contributed by atoms with Gasteiger partial charge < -0.3 is 0 Å². The second-order valence-corrected chi connectivity index (χ2v) is 9.68. The van der Waals surface area contributed by atoms with Crippen LogP contribution < -0.4 is 0 Å². The molecule has 0 aromatic carbocycles. The van der Waals surface area contributed by atoms with Crippen molar-refractivity contribution in [1.29, 1.82) is 0 Å². The Morgan fingerprint density at radius 3 is 2.25 bits per heavy atom. The average molecular weight is 389 g/mol. The number of allylic oxidation sites excluding steroid dienone is 4. The maximum absolute atomic E-state index is 2.57. The lowest BCUT2D eigenvalue weighted by molar-refractivity contribution is 0.449. The van der Waals surface area contributed by atoms with Crippen LogP contribution in [0.2, 0.25) is 0 Å². The van der Waals surface area contributed by atoms with E-state index in [0.717, 1.165) is 23.7 Å². The molecule has 4 unspecified atom stereocenters. The number of rotatable bonds is 18. The van der Waals surface area contributed by atoms with E-state index < -0.39 is 0 Å². The minimum absolute atomic E-state index is 0.869. The molecule has 0 heteroatoms. The highest BCUT2D eigenvalue weighted by atomic mass is 14.4. The van der Waals surface area contributed by atoms with Crippen LogP contribution in [0.1, 0.15) is 131 Å². The van der Waals surface area contributed by atoms with E-state index in [-0.39, 0.29) is 0 Å². The highest BCUT2D eigenvalue weighted by Gasteiger charge is 2.36. The SMILES string of the molecule is CCC=C(CCCCC)C(CCCC)CCCCCC=CCC(C)C1CC1C. The Labute approximate surface area is 178 Å². The first-order valence-electron chi connectivity index (χ1n) is 13.0. The van der Waals surface area contributed by atoms with Crippen molar-refractivity contribution in [3.63, 3.8) is 0 Å². The summed E-state index contributed by atoms with van der Waals surface area (Å²) in [5.41, 5.74) is 1.80. The van der Waals surface area contributed by atoms with Gasteiger partial charge in [0.15, 0.2) is 0 Å². The Morgan fingerprint density at radius 2 is 1.61 bits per heavy atom. The van der Waals surface area contributed by atoms with Crippen molar-refractivity contribution >= 4 is 0 Å². The first-order chi connectivity index (χ1) is 13.6. The molecule has 0 N–H and O–H groups in total. The molecule has 0 heterocycles. The summed E-state index contributed by atoms with van der Waals surface area (Å²) in [5, 5.41) is 0. The lowest BCUT2D eigenvalue weighted by Crippen LogP contribution is -2.06. The molecule has 0 aliphatic heterocycles. The van der Waals surface area contributed by atoms with Crippen LogP contribution in [0.25, 0.3) is 0 Å². The Kier molecular flexibility index (Phi) is 14.9. The number of unbranched alkanes of at least 4 members (excludes halogenated alkanes) is 6. The summed E-state index contributed by atoms with van der Waals surface area (Å²) in [6.45, 7) is 11.8. The molecular weight excluding hydrogens is 336 g/mol. The summed E-state index contributed by atoms with van der Waals surface area (Å²) in [7, 11) is 0. The van der Waals surface area contributed by atoms with Crippen LogP contribution in [0.3, 0.4) is 0 Å². The molecule has 0 amide bonds. The van der Waals surface area contributed by atoms with Crippen molar-refractivity contribution < 1.29 is 0 Å². The summed E-state index contributed by atoms with van der Waals surface area (Å²) in [6, 6.07) is 0. The van der Waals surface area contributed by atoms with Crippen LogP contribution >= 0.6 is 0 Å². The quantitative estimate of drug-likeness (QED) is 0.162. The first kappa shape index (κ1) is 25.5. The topological polar surface area (TPSA) is 0 Å². The van der Waals surface area contributed by atoms with E-state index in [1.54, 1.807) is 5.57 Å². The molecule has 0 nitrogen and oxygen atoms in total. The molecule has 0 spiro atoms. The van der Waals surface area contributed by atoms with Crippen molar-refractivity contribution in [2.75, 3.05) is 0 Å². The molecule has 0 radical (unpaired) electrons. The third-order valence-corrected chi connectivity index (χ3v) is 6.97. The van der Waals surface area contributed by atoms with Crippen molar-refractivity contribution in [1.82, 2.24) is 0 Å². The zero-order chi connectivity index (χ0) is 20.6. The predicted molar refractivity (Wildman–Crippen MR) is 129 cm³/mol. The summed E-state index contributed by atoms with van der Waals surface area (Å²) < 4.78 is 0. The predicted octanol–water partition coefficient (Wildman–Crippen LogP) is 9.90. The van der Waals surface area contributed by atoms with Crippen LogP contribution in [-0.4, -0.2) is 0 Å². The monoisotopic (exact) mass is 388 g/mol. The third-order valence-electron chi connectivity index (χ3n) is 6.97. The van der Waals surface area contributed by atoms with Crippen LogP contribution in [0.5, 0.6) is 0 Å². The van der Waals surface area contributed by atoms with E-state index in [1.165, 1.54) is 96.3 Å².